The van der Waals surface area contributed by atoms with Gasteiger partial charge in [0.1, 0.15) is 6.61 Å². The molecule has 0 aliphatic rings. The van der Waals surface area contributed by atoms with Gasteiger partial charge in [-0.05, 0) is 24.5 Å². The summed E-state index contributed by atoms with van der Waals surface area (Å²) < 4.78 is 5.19. The number of hydrogen-bond donors (Lipinski definition) is 2. The molecule has 0 saturated heterocycles. The van der Waals surface area contributed by atoms with Crippen molar-refractivity contribution in [1.29, 1.82) is 0 Å². The highest BCUT2D eigenvalue weighted by molar-refractivity contribution is 5.67. The van der Waals surface area contributed by atoms with Crippen LogP contribution in [-0.4, -0.2) is 23.3 Å². The minimum Gasteiger partial charge on any atom is -0.445 e. The third-order valence-electron chi connectivity index (χ3n) is 3.40. The van der Waals surface area contributed by atoms with Gasteiger partial charge in [-0.1, -0.05) is 60.7 Å². The maximum absolute atomic E-state index is 11.9. The molecule has 0 fully saturated rings. The SMILES string of the molecule is CC(O)C(Cc1ccccc1)NC(=O)OCc1ccccc1. The van der Waals surface area contributed by atoms with Gasteiger partial charge in [0.2, 0.25) is 0 Å². The zero-order valence-corrected chi connectivity index (χ0v) is 12.6. The summed E-state index contributed by atoms with van der Waals surface area (Å²) in [5.41, 5.74) is 1.98. The van der Waals surface area contributed by atoms with Gasteiger partial charge in [0.25, 0.3) is 0 Å². The van der Waals surface area contributed by atoms with Crippen molar-refractivity contribution in [2.45, 2.75) is 32.1 Å². The molecule has 22 heavy (non-hydrogen) atoms. The molecule has 0 heterocycles. The first-order valence-electron chi connectivity index (χ1n) is 7.34. The van der Waals surface area contributed by atoms with Gasteiger partial charge in [0, 0.05) is 0 Å². The van der Waals surface area contributed by atoms with E-state index in [1.54, 1.807) is 6.92 Å². The Bertz CT molecular complexity index is 569. The molecule has 2 unspecified atom stereocenters. The minimum atomic E-state index is -0.663. The summed E-state index contributed by atoms with van der Waals surface area (Å²) in [5, 5.41) is 12.6. The number of rotatable bonds is 6. The molecule has 0 saturated carbocycles. The summed E-state index contributed by atoms with van der Waals surface area (Å²) in [6.45, 7) is 1.87. The lowest BCUT2D eigenvalue weighted by molar-refractivity contribution is 0.109. The first kappa shape index (κ1) is 16.0. The van der Waals surface area contributed by atoms with Crippen molar-refractivity contribution in [2.24, 2.45) is 0 Å². The first-order chi connectivity index (χ1) is 10.6. The van der Waals surface area contributed by atoms with Crippen molar-refractivity contribution >= 4 is 6.09 Å². The van der Waals surface area contributed by atoms with Crippen LogP contribution in [0.2, 0.25) is 0 Å². The quantitative estimate of drug-likeness (QED) is 0.862. The van der Waals surface area contributed by atoms with Gasteiger partial charge in [-0.25, -0.2) is 4.79 Å². The van der Waals surface area contributed by atoms with Gasteiger partial charge >= 0.3 is 6.09 Å². The molecule has 0 aromatic heterocycles. The highest BCUT2D eigenvalue weighted by atomic mass is 16.5. The zero-order valence-electron chi connectivity index (χ0n) is 12.6. The fraction of sp³-hybridized carbons (Fsp3) is 0.278. The molecule has 0 bridgehead atoms. The van der Waals surface area contributed by atoms with Crippen molar-refractivity contribution in [3.63, 3.8) is 0 Å². The first-order valence-corrected chi connectivity index (χ1v) is 7.34. The lowest BCUT2D eigenvalue weighted by Gasteiger charge is -2.21. The number of carbonyl (C=O) groups excluding carboxylic acids is 1. The molecule has 4 nitrogen and oxygen atoms in total. The van der Waals surface area contributed by atoms with Gasteiger partial charge in [-0.2, -0.15) is 0 Å². The van der Waals surface area contributed by atoms with E-state index in [0.29, 0.717) is 6.42 Å². The molecule has 0 radical (unpaired) electrons. The molecule has 2 atom stereocenters. The normalized spacial score (nSPS) is 13.2. The van der Waals surface area contributed by atoms with E-state index in [1.807, 2.05) is 60.7 Å². The second-order valence-electron chi connectivity index (χ2n) is 5.24. The number of aliphatic hydroxyl groups excluding tert-OH is 1. The number of nitrogens with one attached hydrogen (secondary N) is 1. The Kier molecular flexibility index (Phi) is 5.98. The second kappa shape index (κ2) is 8.20. The molecular formula is C18H21NO3. The second-order valence-corrected chi connectivity index (χ2v) is 5.24. The molecular weight excluding hydrogens is 278 g/mol. The standard InChI is InChI=1S/C18H21NO3/c1-14(20)17(12-15-8-4-2-5-9-15)19-18(21)22-13-16-10-6-3-7-11-16/h2-11,14,17,20H,12-13H2,1H3,(H,19,21). The summed E-state index contributed by atoms with van der Waals surface area (Å²) >= 11 is 0. The molecule has 2 rings (SSSR count). The Labute approximate surface area is 130 Å². The topological polar surface area (TPSA) is 58.6 Å². The highest BCUT2D eigenvalue weighted by Crippen LogP contribution is 2.07. The van der Waals surface area contributed by atoms with E-state index in [-0.39, 0.29) is 12.6 Å². The average Bonchev–Trinajstić information content (AvgIpc) is 2.54. The number of ether oxygens (including phenoxy) is 1. The summed E-state index contributed by atoms with van der Waals surface area (Å²) in [5.74, 6) is 0. The van der Waals surface area contributed by atoms with Gasteiger partial charge < -0.3 is 15.2 Å². The van der Waals surface area contributed by atoms with Crippen molar-refractivity contribution in [1.82, 2.24) is 5.32 Å². The van der Waals surface area contributed by atoms with Gasteiger partial charge in [0.15, 0.2) is 0 Å². The van der Waals surface area contributed by atoms with Crippen LogP contribution in [0, 0.1) is 0 Å². The van der Waals surface area contributed by atoms with Crippen molar-refractivity contribution in [2.75, 3.05) is 0 Å². The smallest absolute Gasteiger partial charge is 0.407 e. The molecule has 0 aliphatic heterocycles. The number of alkyl carbamates (subject to hydrolysis) is 1. The number of benzene rings is 2. The fourth-order valence-corrected chi connectivity index (χ4v) is 2.13. The van der Waals surface area contributed by atoms with Crippen LogP contribution in [-0.2, 0) is 17.8 Å². The van der Waals surface area contributed by atoms with Gasteiger partial charge in [-0.15, -0.1) is 0 Å². The van der Waals surface area contributed by atoms with E-state index in [4.69, 9.17) is 4.74 Å². The van der Waals surface area contributed by atoms with Crippen LogP contribution in [0.4, 0.5) is 4.79 Å². The molecule has 2 aromatic rings. The van der Waals surface area contributed by atoms with Crippen LogP contribution in [0.15, 0.2) is 60.7 Å². The van der Waals surface area contributed by atoms with Crippen molar-refractivity contribution < 1.29 is 14.6 Å². The van der Waals surface area contributed by atoms with E-state index in [1.165, 1.54) is 0 Å². The number of aliphatic hydroxyl groups is 1. The van der Waals surface area contributed by atoms with Crippen LogP contribution in [0.5, 0.6) is 0 Å². The summed E-state index contributed by atoms with van der Waals surface area (Å²) in [6, 6.07) is 18.8. The maximum atomic E-state index is 11.9. The molecule has 2 aromatic carbocycles. The molecule has 0 aliphatic carbocycles. The predicted molar refractivity (Wildman–Crippen MR) is 85.4 cm³/mol. The monoisotopic (exact) mass is 299 g/mol. The maximum Gasteiger partial charge on any atom is 0.407 e. The largest absolute Gasteiger partial charge is 0.445 e. The van der Waals surface area contributed by atoms with Crippen molar-refractivity contribution in [3.05, 3.63) is 71.8 Å². The molecule has 0 spiro atoms. The van der Waals surface area contributed by atoms with Crippen LogP contribution in [0.1, 0.15) is 18.1 Å². The Morgan fingerprint density at radius 3 is 2.14 bits per heavy atom. The molecule has 2 N–H and O–H groups in total. The predicted octanol–water partition coefficient (Wildman–Crippen LogP) is 2.90. The van der Waals surface area contributed by atoms with Crippen LogP contribution < -0.4 is 5.32 Å². The van der Waals surface area contributed by atoms with E-state index in [0.717, 1.165) is 11.1 Å². The summed E-state index contributed by atoms with van der Waals surface area (Å²) in [4.78, 5) is 11.9. The van der Waals surface area contributed by atoms with E-state index in [9.17, 15) is 9.90 Å². The lowest BCUT2D eigenvalue weighted by atomic mass is 10.0. The fourth-order valence-electron chi connectivity index (χ4n) is 2.13. The van der Waals surface area contributed by atoms with E-state index >= 15 is 0 Å². The molecule has 116 valence electrons. The van der Waals surface area contributed by atoms with Gasteiger partial charge in [0.05, 0.1) is 12.1 Å². The average molecular weight is 299 g/mol. The van der Waals surface area contributed by atoms with E-state index < -0.39 is 12.2 Å². The number of amides is 1. The Morgan fingerprint density at radius 1 is 1.05 bits per heavy atom. The third-order valence-corrected chi connectivity index (χ3v) is 3.40. The summed E-state index contributed by atoms with van der Waals surface area (Å²) in [7, 11) is 0. The molecule has 1 amide bonds. The minimum absolute atomic E-state index is 0.213. The van der Waals surface area contributed by atoms with Crippen molar-refractivity contribution in [3.8, 4) is 0 Å². The van der Waals surface area contributed by atoms with Crippen LogP contribution in [0.25, 0.3) is 0 Å². The zero-order chi connectivity index (χ0) is 15.8. The van der Waals surface area contributed by atoms with Crippen LogP contribution >= 0.6 is 0 Å². The van der Waals surface area contributed by atoms with Gasteiger partial charge in [-0.3, -0.25) is 0 Å². The van der Waals surface area contributed by atoms with Crippen LogP contribution in [0.3, 0.4) is 0 Å². The Hall–Kier alpha value is -2.33. The lowest BCUT2D eigenvalue weighted by Crippen LogP contribution is -2.43. The molecule has 4 heteroatoms. The highest BCUT2D eigenvalue weighted by Gasteiger charge is 2.18. The Morgan fingerprint density at radius 2 is 1.59 bits per heavy atom. The number of hydrogen-bond acceptors (Lipinski definition) is 3. The number of carbonyl (C=O) groups is 1. The Balaban J connectivity index is 1.86. The summed E-state index contributed by atoms with van der Waals surface area (Å²) in [6.07, 6.45) is -0.631. The van der Waals surface area contributed by atoms with E-state index in [2.05, 4.69) is 5.32 Å². The third kappa shape index (κ3) is 5.22.